The van der Waals surface area contributed by atoms with Crippen LogP contribution in [0.4, 0.5) is 5.69 Å². The average molecular weight is 286 g/mol. The van der Waals surface area contributed by atoms with Gasteiger partial charge in [-0.25, -0.2) is 0 Å². The van der Waals surface area contributed by atoms with Crippen LogP contribution in [0, 0.1) is 11.3 Å². The van der Waals surface area contributed by atoms with Gasteiger partial charge in [0, 0.05) is 19.7 Å². The summed E-state index contributed by atoms with van der Waals surface area (Å²) in [5.74, 6) is 0.0975. The van der Waals surface area contributed by atoms with E-state index in [0.29, 0.717) is 12.1 Å². The van der Waals surface area contributed by atoms with Crippen LogP contribution < -0.4 is 10.7 Å². The molecule has 3 N–H and O–H groups in total. The summed E-state index contributed by atoms with van der Waals surface area (Å²) in [6, 6.07) is 7.68. The Morgan fingerprint density at radius 1 is 1.43 bits per heavy atom. The first-order chi connectivity index (χ1) is 9.97. The number of allylic oxidation sites excluding steroid dienone is 1. The number of carbonyl (C=O) groups is 1. The van der Waals surface area contributed by atoms with Gasteiger partial charge in [-0.3, -0.25) is 10.2 Å². The van der Waals surface area contributed by atoms with Crippen molar-refractivity contribution in [2.45, 2.75) is 20.3 Å². The molecule has 0 saturated carbocycles. The van der Waals surface area contributed by atoms with Crippen LogP contribution in [-0.2, 0) is 4.79 Å². The van der Waals surface area contributed by atoms with Gasteiger partial charge in [-0.15, -0.1) is 0 Å². The van der Waals surface area contributed by atoms with E-state index in [4.69, 9.17) is 5.41 Å². The van der Waals surface area contributed by atoms with Crippen LogP contribution in [0.15, 0.2) is 35.9 Å². The van der Waals surface area contributed by atoms with E-state index in [9.17, 15) is 4.79 Å². The molecule has 5 nitrogen and oxygen atoms in total. The zero-order valence-corrected chi connectivity index (χ0v) is 12.7. The number of hydrazone groups is 1. The standard InChI is InChI=1S/C16H22N4O/c1-11(9-16(21)18-4)13(3)14-5-7-15(8-6-14)20-19-12(2)10-17/h5-8,10-11,17,20H,3,9H2,1-2,4H3,(H,18,21)/b17-10?,19-12-. The number of nitrogens with zero attached hydrogens (tertiary/aromatic N) is 1. The second-order valence-corrected chi connectivity index (χ2v) is 4.89. The fourth-order valence-corrected chi connectivity index (χ4v) is 1.73. The number of anilines is 1. The lowest BCUT2D eigenvalue weighted by molar-refractivity contribution is -0.121. The van der Waals surface area contributed by atoms with Gasteiger partial charge in [0.2, 0.25) is 5.91 Å². The normalized spacial score (nSPS) is 12.4. The Morgan fingerprint density at radius 2 is 2.05 bits per heavy atom. The van der Waals surface area contributed by atoms with Crippen molar-refractivity contribution >= 4 is 29.1 Å². The van der Waals surface area contributed by atoms with Gasteiger partial charge in [0.1, 0.15) is 0 Å². The highest BCUT2D eigenvalue weighted by atomic mass is 16.1. The number of benzene rings is 1. The van der Waals surface area contributed by atoms with Gasteiger partial charge in [0.25, 0.3) is 0 Å². The molecule has 112 valence electrons. The summed E-state index contributed by atoms with van der Waals surface area (Å²) >= 11 is 0. The third-order valence-corrected chi connectivity index (χ3v) is 3.19. The molecule has 0 spiro atoms. The molecule has 1 amide bonds. The Balaban J connectivity index is 2.71. The molecule has 1 atom stereocenters. The molecule has 5 heteroatoms. The lowest BCUT2D eigenvalue weighted by Crippen LogP contribution is -2.20. The highest BCUT2D eigenvalue weighted by molar-refractivity contribution is 6.28. The van der Waals surface area contributed by atoms with E-state index in [2.05, 4.69) is 22.4 Å². The Morgan fingerprint density at radius 3 is 2.57 bits per heavy atom. The maximum Gasteiger partial charge on any atom is 0.220 e. The summed E-state index contributed by atoms with van der Waals surface area (Å²) in [6.45, 7) is 7.81. The summed E-state index contributed by atoms with van der Waals surface area (Å²) < 4.78 is 0. The molecule has 0 bridgehead atoms. The molecule has 0 aromatic heterocycles. The first-order valence-corrected chi connectivity index (χ1v) is 6.78. The van der Waals surface area contributed by atoms with E-state index < -0.39 is 0 Å². The van der Waals surface area contributed by atoms with Crippen molar-refractivity contribution in [3.05, 3.63) is 36.4 Å². The number of rotatable bonds is 7. The molecule has 0 aliphatic rings. The molecular formula is C16H22N4O. The molecular weight excluding hydrogens is 264 g/mol. The van der Waals surface area contributed by atoms with Gasteiger partial charge in [-0.2, -0.15) is 5.10 Å². The number of amides is 1. The van der Waals surface area contributed by atoms with Crippen molar-refractivity contribution in [3.63, 3.8) is 0 Å². The summed E-state index contributed by atoms with van der Waals surface area (Å²) in [6.07, 6.45) is 1.61. The summed E-state index contributed by atoms with van der Waals surface area (Å²) in [5.41, 5.74) is 6.25. The zero-order valence-electron chi connectivity index (χ0n) is 12.7. The van der Waals surface area contributed by atoms with Crippen molar-refractivity contribution in [1.82, 2.24) is 5.32 Å². The van der Waals surface area contributed by atoms with Gasteiger partial charge in [0.15, 0.2) is 0 Å². The lowest BCUT2D eigenvalue weighted by atomic mass is 9.92. The smallest absolute Gasteiger partial charge is 0.220 e. The second kappa shape index (κ2) is 7.99. The quantitative estimate of drug-likeness (QED) is 0.532. The average Bonchev–Trinajstić information content (AvgIpc) is 2.51. The minimum atomic E-state index is 0.0124. The molecule has 0 saturated heterocycles. The first kappa shape index (κ1) is 16.6. The Bertz CT molecular complexity index is 546. The second-order valence-electron chi connectivity index (χ2n) is 4.89. The molecule has 21 heavy (non-hydrogen) atoms. The van der Waals surface area contributed by atoms with Crippen LogP contribution in [0.25, 0.3) is 5.57 Å². The Labute approximate surface area is 125 Å². The number of nitrogens with one attached hydrogen (secondary N) is 3. The Kier molecular flexibility index (Phi) is 6.33. The summed E-state index contributed by atoms with van der Waals surface area (Å²) in [4.78, 5) is 11.4. The largest absolute Gasteiger partial charge is 0.359 e. The van der Waals surface area contributed by atoms with Crippen molar-refractivity contribution in [2.24, 2.45) is 11.0 Å². The van der Waals surface area contributed by atoms with E-state index >= 15 is 0 Å². The van der Waals surface area contributed by atoms with Gasteiger partial charge in [0.05, 0.1) is 11.4 Å². The number of hydrogen-bond acceptors (Lipinski definition) is 4. The third-order valence-electron chi connectivity index (χ3n) is 3.19. The van der Waals surface area contributed by atoms with Gasteiger partial charge < -0.3 is 10.7 Å². The van der Waals surface area contributed by atoms with Crippen molar-refractivity contribution < 1.29 is 4.79 Å². The topological polar surface area (TPSA) is 77.3 Å². The van der Waals surface area contributed by atoms with E-state index in [1.165, 1.54) is 6.21 Å². The van der Waals surface area contributed by atoms with Gasteiger partial charge >= 0.3 is 0 Å². The van der Waals surface area contributed by atoms with Crippen LogP contribution in [0.5, 0.6) is 0 Å². The summed E-state index contributed by atoms with van der Waals surface area (Å²) in [7, 11) is 1.63. The zero-order chi connectivity index (χ0) is 15.8. The minimum absolute atomic E-state index is 0.0124. The first-order valence-electron chi connectivity index (χ1n) is 6.78. The van der Waals surface area contributed by atoms with Gasteiger partial charge in [-0.1, -0.05) is 25.6 Å². The molecule has 0 radical (unpaired) electrons. The van der Waals surface area contributed by atoms with E-state index in [-0.39, 0.29) is 11.8 Å². The van der Waals surface area contributed by atoms with E-state index in [0.717, 1.165) is 16.8 Å². The molecule has 0 aliphatic carbocycles. The molecule has 1 aromatic carbocycles. The molecule has 0 heterocycles. The highest BCUT2D eigenvalue weighted by Crippen LogP contribution is 2.25. The SMILES string of the molecule is C=C(c1ccc(N/N=C(/C)C=N)cc1)C(C)CC(=O)NC. The highest BCUT2D eigenvalue weighted by Gasteiger charge is 2.12. The van der Waals surface area contributed by atoms with Crippen LogP contribution in [0.2, 0.25) is 0 Å². The van der Waals surface area contributed by atoms with Crippen LogP contribution in [-0.4, -0.2) is 24.9 Å². The molecule has 1 aromatic rings. The molecule has 0 aliphatic heterocycles. The van der Waals surface area contributed by atoms with Crippen LogP contribution in [0.1, 0.15) is 25.8 Å². The molecule has 1 rings (SSSR count). The van der Waals surface area contributed by atoms with Crippen molar-refractivity contribution in [2.75, 3.05) is 12.5 Å². The molecule has 1 unspecified atom stereocenters. The maximum absolute atomic E-state index is 11.4. The minimum Gasteiger partial charge on any atom is -0.359 e. The van der Waals surface area contributed by atoms with E-state index in [1.807, 2.05) is 31.2 Å². The van der Waals surface area contributed by atoms with E-state index in [1.54, 1.807) is 14.0 Å². The fourth-order valence-electron chi connectivity index (χ4n) is 1.73. The van der Waals surface area contributed by atoms with Crippen LogP contribution >= 0.6 is 0 Å². The fraction of sp³-hybridized carbons (Fsp3) is 0.312. The molecule has 0 fully saturated rings. The maximum atomic E-state index is 11.4. The van der Waals surface area contributed by atoms with Gasteiger partial charge in [-0.05, 0) is 36.1 Å². The monoisotopic (exact) mass is 286 g/mol. The number of hydrogen-bond donors (Lipinski definition) is 3. The third kappa shape index (κ3) is 5.22. The summed E-state index contributed by atoms with van der Waals surface area (Å²) in [5, 5.41) is 13.7. The van der Waals surface area contributed by atoms with Crippen molar-refractivity contribution in [1.29, 1.82) is 5.41 Å². The number of carbonyl (C=O) groups excluding carboxylic acids is 1. The van der Waals surface area contributed by atoms with Crippen LogP contribution in [0.3, 0.4) is 0 Å². The predicted molar refractivity (Wildman–Crippen MR) is 88.8 cm³/mol. The van der Waals surface area contributed by atoms with Crippen molar-refractivity contribution in [3.8, 4) is 0 Å². The predicted octanol–water partition coefficient (Wildman–Crippen LogP) is 2.91. The lowest BCUT2D eigenvalue weighted by Gasteiger charge is -2.14. The Hall–Kier alpha value is -2.43.